The van der Waals surface area contributed by atoms with Crippen LogP contribution in [0.1, 0.15) is 107 Å². The lowest BCUT2D eigenvalue weighted by molar-refractivity contribution is -0.129. The number of tetrazole rings is 1. The van der Waals surface area contributed by atoms with Crippen LogP contribution in [-0.2, 0) is 16.0 Å². The van der Waals surface area contributed by atoms with Crippen molar-refractivity contribution in [3.05, 3.63) is 35.7 Å². The molecule has 10 nitrogen and oxygen atoms in total. The first kappa shape index (κ1) is 29.9. The van der Waals surface area contributed by atoms with Crippen LogP contribution in [0.3, 0.4) is 0 Å². The lowest BCUT2D eigenvalue weighted by atomic mass is 10.1. The zero-order chi connectivity index (χ0) is 26.9. The molecule has 0 fully saturated rings. The van der Waals surface area contributed by atoms with E-state index in [0.717, 1.165) is 44.9 Å². The number of benzene rings is 1. The average Bonchev–Trinajstić information content (AvgIpc) is 3.36. The van der Waals surface area contributed by atoms with E-state index in [4.69, 9.17) is 5.11 Å². The second-order valence-electron chi connectivity index (χ2n) is 9.39. The van der Waals surface area contributed by atoms with Crippen molar-refractivity contribution in [2.24, 2.45) is 0 Å². The summed E-state index contributed by atoms with van der Waals surface area (Å²) in [6.45, 7) is 4.88. The summed E-state index contributed by atoms with van der Waals surface area (Å²) in [5.41, 5.74) is 0.701. The van der Waals surface area contributed by atoms with Gasteiger partial charge in [-0.2, -0.15) is 0 Å². The minimum absolute atomic E-state index is 0.108. The number of nitrogens with zero attached hydrogens (tertiary/aromatic N) is 4. The summed E-state index contributed by atoms with van der Waals surface area (Å²) in [5, 5.41) is 27.3. The second kappa shape index (κ2) is 17.2. The molecule has 204 valence electrons. The van der Waals surface area contributed by atoms with Crippen LogP contribution in [-0.4, -0.2) is 55.7 Å². The van der Waals surface area contributed by atoms with E-state index in [1.807, 2.05) is 0 Å². The van der Waals surface area contributed by atoms with E-state index in [-0.39, 0.29) is 23.8 Å². The molecule has 1 unspecified atom stereocenters. The highest BCUT2D eigenvalue weighted by Crippen LogP contribution is 2.10. The number of rotatable bonds is 19. The Labute approximate surface area is 219 Å². The van der Waals surface area contributed by atoms with Gasteiger partial charge in [0.2, 0.25) is 11.8 Å². The van der Waals surface area contributed by atoms with Gasteiger partial charge in [-0.15, -0.1) is 15.0 Å². The first-order chi connectivity index (χ1) is 17.9. The van der Waals surface area contributed by atoms with Crippen LogP contribution < -0.4 is 10.6 Å². The average molecular weight is 515 g/mol. The van der Waals surface area contributed by atoms with Gasteiger partial charge in [-0.05, 0) is 42.3 Å². The van der Waals surface area contributed by atoms with Crippen LogP contribution in [0.5, 0.6) is 0 Å². The molecule has 1 aromatic carbocycles. The van der Waals surface area contributed by atoms with E-state index >= 15 is 0 Å². The van der Waals surface area contributed by atoms with Crippen molar-refractivity contribution in [1.29, 1.82) is 0 Å². The SMILES string of the molecule is CCCCCCCCCC(=O)NC(Cc1nnn(-c2ccc(C(=O)O)cc2)n1)C(=O)NCCCCCC. The van der Waals surface area contributed by atoms with E-state index in [2.05, 4.69) is 39.9 Å². The number of carbonyl (C=O) groups excluding carboxylic acids is 2. The third-order valence-corrected chi connectivity index (χ3v) is 6.18. The molecule has 37 heavy (non-hydrogen) atoms. The number of carboxylic acids is 1. The Morgan fingerprint density at radius 3 is 2.16 bits per heavy atom. The van der Waals surface area contributed by atoms with Gasteiger partial charge in [0.1, 0.15) is 6.04 Å². The number of amides is 2. The highest BCUT2D eigenvalue weighted by molar-refractivity contribution is 5.88. The minimum atomic E-state index is -1.02. The Morgan fingerprint density at radius 2 is 1.51 bits per heavy atom. The van der Waals surface area contributed by atoms with Crippen LogP contribution >= 0.6 is 0 Å². The topological polar surface area (TPSA) is 139 Å². The smallest absolute Gasteiger partial charge is 0.335 e. The van der Waals surface area contributed by atoms with Crippen LogP contribution in [0.25, 0.3) is 5.69 Å². The Morgan fingerprint density at radius 1 is 0.892 bits per heavy atom. The monoisotopic (exact) mass is 514 g/mol. The van der Waals surface area contributed by atoms with Gasteiger partial charge in [-0.25, -0.2) is 4.79 Å². The molecular weight excluding hydrogens is 472 g/mol. The van der Waals surface area contributed by atoms with Crippen LogP contribution in [0.4, 0.5) is 0 Å². The van der Waals surface area contributed by atoms with Crippen LogP contribution in [0, 0.1) is 0 Å². The number of nitrogens with one attached hydrogen (secondary N) is 2. The maximum atomic E-state index is 12.9. The molecular formula is C27H42N6O4. The lowest BCUT2D eigenvalue weighted by Crippen LogP contribution is -2.48. The first-order valence-electron chi connectivity index (χ1n) is 13.6. The number of aromatic carboxylic acids is 1. The normalized spacial score (nSPS) is 11.7. The minimum Gasteiger partial charge on any atom is -0.478 e. The Bertz CT molecular complexity index is 960. The zero-order valence-electron chi connectivity index (χ0n) is 22.2. The molecule has 0 spiro atoms. The Hall–Kier alpha value is -3.30. The number of hydrogen-bond donors (Lipinski definition) is 3. The lowest BCUT2D eigenvalue weighted by Gasteiger charge is -2.17. The fourth-order valence-corrected chi connectivity index (χ4v) is 3.96. The second-order valence-corrected chi connectivity index (χ2v) is 9.39. The predicted octanol–water partition coefficient (Wildman–Crippen LogP) is 4.23. The fourth-order valence-electron chi connectivity index (χ4n) is 3.96. The number of unbranched alkanes of at least 4 members (excludes halogenated alkanes) is 9. The molecule has 0 aliphatic heterocycles. The van der Waals surface area contributed by atoms with Crippen molar-refractivity contribution in [3.63, 3.8) is 0 Å². The molecule has 2 amide bonds. The summed E-state index contributed by atoms with van der Waals surface area (Å²) in [7, 11) is 0. The van der Waals surface area contributed by atoms with Crippen molar-refractivity contribution in [3.8, 4) is 5.69 Å². The first-order valence-corrected chi connectivity index (χ1v) is 13.6. The molecule has 0 radical (unpaired) electrons. The summed E-state index contributed by atoms with van der Waals surface area (Å²) in [6.07, 6.45) is 12.5. The zero-order valence-corrected chi connectivity index (χ0v) is 22.2. The summed E-state index contributed by atoms with van der Waals surface area (Å²) < 4.78 is 0. The number of hydrogen-bond acceptors (Lipinski definition) is 6. The van der Waals surface area contributed by atoms with Gasteiger partial charge in [0.25, 0.3) is 0 Å². The van der Waals surface area contributed by atoms with Gasteiger partial charge in [-0.3, -0.25) is 9.59 Å². The van der Waals surface area contributed by atoms with Gasteiger partial charge in [0.05, 0.1) is 11.3 Å². The summed E-state index contributed by atoms with van der Waals surface area (Å²) in [5.74, 6) is -1.12. The molecule has 10 heteroatoms. The number of aromatic nitrogens is 4. The van der Waals surface area contributed by atoms with Gasteiger partial charge in [0, 0.05) is 19.4 Å². The van der Waals surface area contributed by atoms with E-state index in [0.29, 0.717) is 24.5 Å². The van der Waals surface area contributed by atoms with Crippen molar-refractivity contribution in [2.45, 2.75) is 103 Å². The van der Waals surface area contributed by atoms with Crippen molar-refractivity contribution >= 4 is 17.8 Å². The largest absolute Gasteiger partial charge is 0.478 e. The molecule has 0 bridgehead atoms. The van der Waals surface area contributed by atoms with Crippen molar-refractivity contribution < 1.29 is 19.5 Å². The molecule has 3 N–H and O–H groups in total. The predicted molar refractivity (Wildman–Crippen MR) is 142 cm³/mol. The van der Waals surface area contributed by atoms with Crippen molar-refractivity contribution in [2.75, 3.05) is 6.54 Å². The van der Waals surface area contributed by atoms with Gasteiger partial charge < -0.3 is 15.7 Å². The van der Waals surface area contributed by atoms with Gasteiger partial charge in [0.15, 0.2) is 5.82 Å². The van der Waals surface area contributed by atoms with Crippen molar-refractivity contribution in [1.82, 2.24) is 30.8 Å². The van der Waals surface area contributed by atoms with Crippen LogP contribution in [0.15, 0.2) is 24.3 Å². The Kier molecular flexibility index (Phi) is 13.9. The molecule has 1 heterocycles. The molecule has 1 atom stereocenters. The third-order valence-electron chi connectivity index (χ3n) is 6.18. The quantitative estimate of drug-likeness (QED) is 0.238. The number of carbonyl (C=O) groups is 3. The fraction of sp³-hybridized carbons (Fsp3) is 0.630. The van der Waals surface area contributed by atoms with Gasteiger partial charge >= 0.3 is 5.97 Å². The Balaban J connectivity index is 1.95. The summed E-state index contributed by atoms with van der Waals surface area (Å²) in [4.78, 5) is 37.9. The van der Waals surface area contributed by atoms with Gasteiger partial charge in [-0.1, -0.05) is 71.6 Å². The third kappa shape index (κ3) is 11.5. The molecule has 0 saturated carbocycles. The number of carboxylic acid groups (broad SMARTS) is 1. The molecule has 0 aliphatic rings. The molecule has 0 aliphatic carbocycles. The van der Waals surface area contributed by atoms with E-state index in [1.165, 1.54) is 42.6 Å². The van der Waals surface area contributed by atoms with E-state index < -0.39 is 12.0 Å². The molecule has 2 rings (SSSR count). The van der Waals surface area contributed by atoms with Crippen LogP contribution in [0.2, 0.25) is 0 Å². The maximum Gasteiger partial charge on any atom is 0.335 e. The molecule has 0 saturated heterocycles. The summed E-state index contributed by atoms with van der Waals surface area (Å²) in [6, 6.07) is 5.29. The molecule has 1 aromatic heterocycles. The highest BCUT2D eigenvalue weighted by Gasteiger charge is 2.23. The van der Waals surface area contributed by atoms with E-state index in [9.17, 15) is 14.4 Å². The molecule has 2 aromatic rings. The van der Waals surface area contributed by atoms with E-state index in [1.54, 1.807) is 12.1 Å². The highest BCUT2D eigenvalue weighted by atomic mass is 16.4. The standard InChI is InChI=1S/C27H42N6O4/c1-3-5-7-9-10-11-12-14-25(34)29-23(26(35)28-19-13-8-6-4-2)20-24-30-32-33(31-24)22-17-15-21(16-18-22)27(36)37/h15-18,23H,3-14,19-20H2,1-2H3,(H,28,35)(H,29,34)(H,36,37). The maximum absolute atomic E-state index is 12.9. The summed E-state index contributed by atoms with van der Waals surface area (Å²) >= 11 is 0.